The van der Waals surface area contributed by atoms with Crippen LogP contribution in [0.25, 0.3) is 0 Å². The molecule has 0 amide bonds. The van der Waals surface area contributed by atoms with Crippen molar-refractivity contribution in [2.45, 2.75) is 37.8 Å². The Morgan fingerprint density at radius 1 is 1.31 bits per heavy atom. The Balaban J connectivity index is 1.90. The monoisotopic (exact) mass is 180 g/mol. The molecule has 0 aromatic carbocycles. The number of aliphatic hydroxyl groups is 1. The Hall–Kier alpha value is -0.590. The predicted octanol–water partition coefficient (Wildman–Crippen LogP) is 0.745. The molecule has 72 valence electrons. The molecule has 1 unspecified atom stereocenters. The second-order valence-corrected chi connectivity index (χ2v) is 4.23. The van der Waals surface area contributed by atoms with Gasteiger partial charge in [0.05, 0.1) is 12.2 Å². The number of aliphatic hydroxyl groups excluding tert-OH is 1. The van der Waals surface area contributed by atoms with Crippen molar-refractivity contribution in [2.24, 2.45) is 5.92 Å². The summed E-state index contributed by atoms with van der Waals surface area (Å²) in [4.78, 5) is 2.11. The summed E-state index contributed by atoms with van der Waals surface area (Å²) in [5.41, 5.74) is 0. The van der Waals surface area contributed by atoms with Gasteiger partial charge in [-0.1, -0.05) is 12.8 Å². The lowest BCUT2D eigenvalue weighted by molar-refractivity contribution is -0.0240. The van der Waals surface area contributed by atoms with Gasteiger partial charge >= 0.3 is 0 Å². The van der Waals surface area contributed by atoms with Crippen molar-refractivity contribution in [1.82, 2.24) is 4.90 Å². The Bertz CT molecular complexity index is 211. The van der Waals surface area contributed by atoms with Crippen molar-refractivity contribution in [1.29, 1.82) is 5.26 Å². The summed E-state index contributed by atoms with van der Waals surface area (Å²) in [5.74, 6) is 0.567. The second-order valence-electron chi connectivity index (χ2n) is 4.23. The van der Waals surface area contributed by atoms with Crippen LogP contribution in [-0.4, -0.2) is 35.2 Å². The first-order valence-electron chi connectivity index (χ1n) is 5.13. The fourth-order valence-electron chi connectivity index (χ4n) is 2.47. The highest BCUT2D eigenvalue weighted by atomic mass is 16.3. The van der Waals surface area contributed by atoms with Crippen LogP contribution < -0.4 is 0 Å². The average molecular weight is 180 g/mol. The Morgan fingerprint density at radius 2 is 1.92 bits per heavy atom. The van der Waals surface area contributed by atoms with Gasteiger partial charge < -0.3 is 5.11 Å². The Kier molecular flexibility index (Phi) is 2.52. The van der Waals surface area contributed by atoms with Crippen molar-refractivity contribution in [3.05, 3.63) is 0 Å². The SMILES string of the molecule is N#CC(C1CCCC1)N1CC(O)C1. The van der Waals surface area contributed by atoms with Gasteiger partial charge in [-0.15, -0.1) is 0 Å². The summed E-state index contributed by atoms with van der Waals surface area (Å²) in [6.07, 6.45) is 4.77. The van der Waals surface area contributed by atoms with Crippen LogP contribution >= 0.6 is 0 Å². The standard InChI is InChI=1S/C10H16N2O/c11-5-10(8-3-1-2-4-8)12-6-9(13)7-12/h8-10,13H,1-4,6-7H2. The van der Waals surface area contributed by atoms with Crippen LogP contribution in [0.4, 0.5) is 0 Å². The Labute approximate surface area is 79.0 Å². The van der Waals surface area contributed by atoms with Crippen LogP contribution in [-0.2, 0) is 0 Å². The van der Waals surface area contributed by atoms with Crippen molar-refractivity contribution in [3.8, 4) is 6.07 Å². The molecular formula is C10H16N2O. The van der Waals surface area contributed by atoms with Crippen LogP contribution in [0.5, 0.6) is 0 Å². The van der Waals surface area contributed by atoms with Crippen molar-refractivity contribution in [3.63, 3.8) is 0 Å². The summed E-state index contributed by atoms with van der Waals surface area (Å²) >= 11 is 0. The number of rotatable bonds is 2. The van der Waals surface area contributed by atoms with Crippen LogP contribution in [0.1, 0.15) is 25.7 Å². The zero-order valence-corrected chi connectivity index (χ0v) is 7.82. The van der Waals surface area contributed by atoms with E-state index in [1.165, 1.54) is 25.7 Å². The maximum Gasteiger partial charge on any atom is 0.101 e. The third-order valence-corrected chi connectivity index (χ3v) is 3.26. The van der Waals surface area contributed by atoms with Gasteiger partial charge in [-0.25, -0.2) is 0 Å². The Morgan fingerprint density at radius 3 is 2.38 bits per heavy atom. The lowest BCUT2D eigenvalue weighted by atomic mass is 9.94. The molecule has 3 nitrogen and oxygen atoms in total. The quantitative estimate of drug-likeness (QED) is 0.682. The summed E-state index contributed by atoms with van der Waals surface area (Å²) in [6, 6.07) is 2.46. The highest BCUT2D eigenvalue weighted by Gasteiger charge is 2.36. The smallest absolute Gasteiger partial charge is 0.101 e. The van der Waals surface area contributed by atoms with Gasteiger partial charge in [0.25, 0.3) is 0 Å². The first-order chi connectivity index (χ1) is 6.31. The molecule has 1 N–H and O–H groups in total. The van der Waals surface area contributed by atoms with E-state index in [2.05, 4.69) is 11.0 Å². The molecule has 1 heterocycles. The van der Waals surface area contributed by atoms with Gasteiger partial charge in [-0.3, -0.25) is 4.90 Å². The average Bonchev–Trinajstić information content (AvgIpc) is 2.55. The largest absolute Gasteiger partial charge is 0.390 e. The number of β-amino-alcohol motifs (C(OH)–C–C–N with tert-alkyl or cyclic N) is 1. The molecule has 2 aliphatic rings. The second kappa shape index (κ2) is 3.65. The highest BCUT2D eigenvalue weighted by Crippen LogP contribution is 2.31. The first-order valence-corrected chi connectivity index (χ1v) is 5.13. The van der Waals surface area contributed by atoms with E-state index in [4.69, 9.17) is 10.4 Å². The summed E-state index contributed by atoms with van der Waals surface area (Å²) in [5, 5.41) is 18.2. The molecule has 1 atom stereocenters. The zero-order valence-electron chi connectivity index (χ0n) is 7.82. The first kappa shape index (κ1) is 8.98. The number of nitrogens with zero attached hydrogens (tertiary/aromatic N) is 2. The molecule has 0 radical (unpaired) electrons. The van der Waals surface area contributed by atoms with E-state index in [-0.39, 0.29) is 12.1 Å². The van der Waals surface area contributed by atoms with Gasteiger partial charge in [0.15, 0.2) is 0 Å². The number of likely N-dealkylation sites (tertiary alicyclic amines) is 1. The third-order valence-electron chi connectivity index (χ3n) is 3.26. The minimum absolute atomic E-state index is 0.0749. The maximum absolute atomic E-state index is 9.15. The van der Waals surface area contributed by atoms with E-state index in [0.29, 0.717) is 19.0 Å². The molecule has 1 saturated heterocycles. The lowest BCUT2D eigenvalue weighted by Gasteiger charge is -2.41. The molecule has 2 fully saturated rings. The molecule has 3 heteroatoms. The fraction of sp³-hybridized carbons (Fsp3) is 0.900. The summed E-state index contributed by atoms with van der Waals surface area (Å²) in [6.45, 7) is 1.41. The number of nitriles is 1. The molecular weight excluding hydrogens is 164 g/mol. The summed E-state index contributed by atoms with van der Waals surface area (Å²) in [7, 11) is 0. The van der Waals surface area contributed by atoms with Crippen molar-refractivity contribution < 1.29 is 5.11 Å². The van der Waals surface area contributed by atoms with Crippen molar-refractivity contribution in [2.75, 3.05) is 13.1 Å². The van der Waals surface area contributed by atoms with Crippen LogP contribution in [0.2, 0.25) is 0 Å². The maximum atomic E-state index is 9.15. The normalized spacial score (nSPS) is 28.3. The predicted molar refractivity (Wildman–Crippen MR) is 48.9 cm³/mol. The molecule has 0 bridgehead atoms. The van der Waals surface area contributed by atoms with Gasteiger partial charge in [0.1, 0.15) is 6.04 Å². The highest BCUT2D eigenvalue weighted by molar-refractivity contribution is 5.02. The van der Waals surface area contributed by atoms with E-state index in [1.807, 2.05) is 0 Å². The molecule has 0 aromatic heterocycles. The van der Waals surface area contributed by atoms with E-state index in [1.54, 1.807) is 0 Å². The van der Waals surface area contributed by atoms with Crippen molar-refractivity contribution >= 4 is 0 Å². The molecule has 1 aliphatic carbocycles. The number of hydrogen-bond donors (Lipinski definition) is 1. The van der Waals surface area contributed by atoms with Crippen LogP contribution in [0, 0.1) is 17.2 Å². The van der Waals surface area contributed by atoms with Crippen LogP contribution in [0.15, 0.2) is 0 Å². The molecule has 13 heavy (non-hydrogen) atoms. The van der Waals surface area contributed by atoms with Gasteiger partial charge in [0, 0.05) is 13.1 Å². The van der Waals surface area contributed by atoms with E-state index < -0.39 is 0 Å². The van der Waals surface area contributed by atoms with E-state index in [0.717, 1.165) is 0 Å². The third kappa shape index (κ3) is 1.70. The van der Waals surface area contributed by atoms with Gasteiger partial charge in [-0.05, 0) is 18.8 Å². The van der Waals surface area contributed by atoms with Gasteiger partial charge in [0.2, 0.25) is 0 Å². The molecule has 0 spiro atoms. The van der Waals surface area contributed by atoms with Gasteiger partial charge in [-0.2, -0.15) is 5.26 Å². The lowest BCUT2D eigenvalue weighted by Crippen LogP contribution is -2.56. The zero-order chi connectivity index (χ0) is 9.26. The molecule has 0 aromatic rings. The molecule has 1 aliphatic heterocycles. The van der Waals surface area contributed by atoms with E-state index >= 15 is 0 Å². The number of hydrogen-bond acceptors (Lipinski definition) is 3. The molecule has 1 saturated carbocycles. The fourth-order valence-corrected chi connectivity index (χ4v) is 2.47. The topological polar surface area (TPSA) is 47.3 Å². The summed E-state index contributed by atoms with van der Waals surface area (Å²) < 4.78 is 0. The minimum Gasteiger partial charge on any atom is -0.390 e. The minimum atomic E-state index is -0.183. The molecule has 2 rings (SSSR count). The van der Waals surface area contributed by atoms with E-state index in [9.17, 15) is 0 Å². The van der Waals surface area contributed by atoms with Crippen LogP contribution in [0.3, 0.4) is 0 Å².